The lowest BCUT2D eigenvalue weighted by molar-refractivity contribution is 0.426. The lowest BCUT2D eigenvalue weighted by Gasteiger charge is -2.18. The van der Waals surface area contributed by atoms with Gasteiger partial charge in [0.05, 0.1) is 11.6 Å². The molecule has 0 atom stereocenters. The maximum atomic E-state index is 9.93. The van der Waals surface area contributed by atoms with Crippen LogP contribution in [-0.2, 0) is 0 Å². The van der Waals surface area contributed by atoms with E-state index in [1.54, 1.807) is 12.1 Å². The number of benzene rings is 5. The van der Waals surface area contributed by atoms with E-state index in [1.165, 1.54) is 0 Å². The lowest BCUT2D eigenvalue weighted by Crippen LogP contribution is -2.29. The van der Waals surface area contributed by atoms with Gasteiger partial charge in [-0.25, -0.2) is 0 Å². The molecule has 5 aromatic carbocycles. The van der Waals surface area contributed by atoms with E-state index in [4.69, 9.17) is 0 Å². The van der Waals surface area contributed by atoms with E-state index < -0.39 is 7.12 Å². The Morgan fingerprint density at radius 3 is 1.69 bits per heavy atom. The van der Waals surface area contributed by atoms with Gasteiger partial charge in [-0.1, -0.05) is 109 Å². The molecule has 5 rings (SSSR count). The van der Waals surface area contributed by atoms with Crippen LogP contribution >= 0.6 is 0 Å². The highest BCUT2D eigenvalue weighted by Crippen LogP contribution is 2.41. The standard InChI is InChI=1S/C31H22BNO2/c33-21-22-9-8-12-24(19-22)27-18-17-25(32(34)35)20-31(27)30-16-7-6-15-29(30)28-14-5-4-13-26(28)23-10-2-1-3-11-23/h1-20,34-35H. The quantitative estimate of drug-likeness (QED) is 0.327. The third-order valence-electron chi connectivity index (χ3n) is 6.16. The van der Waals surface area contributed by atoms with Gasteiger partial charge in [-0.15, -0.1) is 0 Å². The van der Waals surface area contributed by atoms with E-state index in [-0.39, 0.29) is 0 Å². The second kappa shape index (κ2) is 9.83. The monoisotopic (exact) mass is 451 g/mol. The summed E-state index contributed by atoms with van der Waals surface area (Å²) < 4.78 is 0. The maximum Gasteiger partial charge on any atom is 0.488 e. The molecule has 0 aliphatic heterocycles. The van der Waals surface area contributed by atoms with E-state index >= 15 is 0 Å². The van der Waals surface area contributed by atoms with Gasteiger partial charge in [0.25, 0.3) is 0 Å². The summed E-state index contributed by atoms with van der Waals surface area (Å²) >= 11 is 0. The first kappa shape index (κ1) is 22.4. The van der Waals surface area contributed by atoms with Crippen LogP contribution in [0.2, 0.25) is 0 Å². The molecule has 0 aliphatic carbocycles. The third-order valence-corrected chi connectivity index (χ3v) is 6.16. The van der Waals surface area contributed by atoms with Crippen LogP contribution in [0.15, 0.2) is 121 Å². The van der Waals surface area contributed by atoms with Crippen LogP contribution in [-0.4, -0.2) is 17.2 Å². The molecular formula is C31H22BNO2. The Balaban J connectivity index is 1.77. The minimum absolute atomic E-state index is 0.409. The van der Waals surface area contributed by atoms with E-state index in [0.29, 0.717) is 11.0 Å². The lowest BCUT2D eigenvalue weighted by atomic mass is 9.76. The van der Waals surface area contributed by atoms with E-state index in [2.05, 4.69) is 42.5 Å². The molecule has 0 amide bonds. The van der Waals surface area contributed by atoms with Gasteiger partial charge in [0.1, 0.15) is 0 Å². The minimum atomic E-state index is -1.59. The molecule has 0 aromatic heterocycles. The smallest absolute Gasteiger partial charge is 0.423 e. The fourth-order valence-electron chi connectivity index (χ4n) is 4.49. The molecule has 166 valence electrons. The number of rotatable bonds is 5. The van der Waals surface area contributed by atoms with Crippen LogP contribution in [0.1, 0.15) is 5.56 Å². The Kier molecular flexibility index (Phi) is 6.28. The molecule has 2 N–H and O–H groups in total. The van der Waals surface area contributed by atoms with Crippen molar-refractivity contribution in [3.05, 3.63) is 127 Å². The summed E-state index contributed by atoms with van der Waals surface area (Å²) in [5, 5.41) is 29.3. The molecule has 0 aliphatic rings. The van der Waals surface area contributed by atoms with Crippen LogP contribution in [0.3, 0.4) is 0 Å². The van der Waals surface area contributed by atoms with Crippen molar-refractivity contribution >= 4 is 12.6 Å². The molecule has 0 radical (unpaired) electrons. The minimum Gasteiger partial charge on any atom is -0.423 e. The van der Waals surface area contributed by atoms with Crippen molar-refractivity contribution in [2.24, 2.45) is 0 Å². The van der Waals surface area contributed by atoms with Crippen molar-refractivity contribution in [1.29, 1.82) is 5.26 Å². The first-order chi connectivity index (χ1) is 17.2. The van der Waals surface area contributed by atoms with Gasteiger partial charge in [0.15, 0.2) is 0 Å². The van der Waals surface area contributed by atoms with Gasteiger partial charge < -0.3 is 10.0 Å². The number of hydrogen-bond donors (Lipinski definition) is 2. The topological polar surface area (TPSA) is 64.2 Å². The van der Waals surface area contributed by atoms with Crippen molar-refractivity contribution in [3.8, 4) is 50.6 Å². The molecule has 0 bridgehead atoms. The molecule has 0 fully saturated rings. The molecule has 0 saturated carbocycles. The molecule has 0 saturated heterocycles. The largest absolute Gasteiger partial charge is 0.488 e. The van der Waals surface area contributed by atoms with Crippen molar-refractivity contribution in [3.63, 3.8) is 0 Å². The number of nitrogens with zero attached hydrogens (tertiary/aromatic N) is 1. The van der Waals surface area contributed by atoms with Crippen LogP contribution < -0.4 is 5.46 Å². The molecule has 4 heteroatoms. The Bertz CT molecular complexity index is 1540. The summed E-state index contributed by atoms with van der Waals surface area (Å²) in [5.41, 5.74) is 8.98. The number of hydrogen-bond acceptors (Lipinski definition) is 3. The van der Waals surface area contributed by atoms with E-state index in [1.807, 2.05) is 72.8 Å². The van der Waals surface area contributed by atoms with Crippen molar-refractivity contribution < 1.29 is 10.0 Å². The fraction of sp³-hybridized carbons (Fsp3) is 0. The zero-order chi connectivity index (χ0) is 24.2. The summed E-state index contributed by atoms with van der Waals surface area (Å²) in [5.74, 6) is 0. The van der Waals surface area contributed by atoms with Gasteiger partial charge in [-0.3, -0.25) is 0 Å². The van der Waals surface area contributed by atoms with Crippen LogP contribution in [0, 0.1) is 11.3 Å². The van der Waals surface area contributed by atoms with E-state index in [9.17, 15) is 15.3 Å². The van der Waals surface area contributed by atoms with Crippen LogP contribution in [0.5, 0.6) is 0 Å². The summed E-state index contributed by atoms with van der Waals surface area (Å²) in [6, 6.07) is 41.8. The van der Waals surface area contributed by atoms with Crippen molar-refractivity contribution in [2.75, 3.05) is 0 Å². The zero-order valence-corrected chi connectivity index (χ0v) is 19.0. The molecule has 5 aromatic rings. The summed E-state index contributed by atoms with van der Waals surface area (Å²) in [6.07, 6.45) is 0. The average molecular weight is 451 g/mol. The Morgan fingerprint density at radius 2 is 1.03 bits per heavy atom. The SMILES string of the molecule is N#Cc1cccc(-c2ccc(B(O)O)cc2-c2ccccc2-c2ccccc2-c2ccccc2)c1. The highest BCUT2D eigenvalue weighted by Gasteiger charge is 2.19. The molecule has 0 heterocycles. The van der Waals surface area contributed by atoms with Gasteiger partial charge >= 0.3 is 7.12 Å². The fourth-order valence-corrected chi connectivity index (χ4v) is 4.49. The highest BCUT2D eigenvalue weighted by molar-refractivity contribution is 6.58. The number of nitriles is 1. The average Bonchev–Trinajstić information content (AvgIpc) is 2.93. The predicted octanol–water partition coefficient (Wildman–Crippen LogP) is 5.91. The predicted molar refractivity (Wildman–Crippen MR) is 143 cm³/mol. The van der Waals surface area contributed by atoms with Crippen molar-refractivity contribution in [2.45, 2.75) is 0 Å². The summed E-state index contributed by atoms with van der Waals surface area (Å²) in [4.78, 5) is 0. The van der Waals surface area contributed by atoms with Gasteiger partial charge in [-0.2, -0.15) is 5.26 Å². The Morgan fingerprint density at radius 1 is 0.486 bits per heavy atom. The third kappa shape index (κ3) is 4.51. The first-order valence-electron chi connectivity index (χ1n) is 11.4. The summed E-state index contributed by atoms with van der Waals surface area (Å²) in [6.45, 7) is 0. The summed E-state index contributed by atoms with van der Waals surface area (Å²) in [7, 11) is -1.59. The Labute approximate surface area is 205 Å². The molecule has 3 nitrogen and oxygen atoms in total. The maximum absolute atomic E-state index is 9.93. The molecule has 0 spiro atoms. The molecule has 35 heavy (non-hydrogen) atoms. The van der Waals surface area contributed by atoms with Crippen LogP contribution in [0.25, 0.3) is 44.5 Å². The molecular weight excluding hydrogens is 429 g/mol. The first-order valence-corrected chi connectivity index (χ1v) is 11.4. The second-order valence-corrected chi connectivity index (χ2v) is 8.33. The zero-order valence-electron chi connectivity index (χ0n) is 19.0. The van der Waals surface area contributed by atoms with Crippen LogP contribution in [0.4, 0.5) is 0 Å². The van der Waals surface area contributed by atoms with Gasteiger partial charge in [0.2, 0.25) is 0 Å². The highest BCUT2D eigenvalue weighted by atomic mass is 16.4. The van der Waals surface area contributed by atoms with Crippen molar-refractivity contribution in [1.82, 2.24) is 0 Å². The Hall–Kier alpha value is -4.43. The van der Waals surface area contributed by atoms with Gasteiger partial charge in [0, 0.05) is 0 Å². The normalized spacial score (nSPS) is 10.5. The van der Waals surface area contributed by atoms with Gasteiger partial charge in [-0.05, 0) is 62.1 Å². The van der Waals surface area contributed by atoms with E-state index in [0.717, 1.165) is 44.5 Å². The molecule has 0 unspecified atom stereocenters. The second-order valence-electron chi connectivity index (χ2n) is 8.33.